The number of aryl methyl sites for hydroxylation is 1. The predicted octanol–water partition coefficient (Wildman–Crippen LogP) is 3.56. The van der Waals surface area contributed by atoms with Crippen molar-refractivity contribution in [2.75, 3.05) is 0 Å². The summed E-state index contributed by atoms with van der Waals surface area (Å²) in [5.41, 5.74) is 1.30. The summed E-state index contributed by atoms with van der Waals surface area (Å²) in [5.74, 6) is -1.19. The Morgan fingerprint density at radius 3 is 2.70 bits per heavy atom. The Kier molecular flexibility index (Phi) is 3.75. The summed E-state index contributed by atoms with van der Waals surface area (Å²) < 4.78 is 5.15. The van der Waals surface area contributed by atoms with Gasteiger partial charge in [-0.25, -0.2) is 4.79 Å². The number of benzene rings is 1. The number of carbonyl (C=O) groups is 2. The van der Waals surface area contributed by atoms with Crippen LogP contribution in [-0.4, -0.2) is 27.0 Å². The summed E-state index contributed by atoms with van der Waals surface area (Å²) in [6.45, 7) is 1.62. The number of aromatic nitrogens is 2. The molecule has 0 saturated heterocycles. The van der Waals surface area contributed by atoms with E-state index in [1.165, 1.54) is 12.3 Å². The molecule has 7 heteroatoms. The number of H-pyrrole nitrogens is 1. The summed E-state index contributed by atoms with van der Waals surface area (Å²) in [6, 6.07) is 8.24. The second-order valence-electron chi connectivity index (χ2n) is 4.88. The SMILES string of the molecule is Cc1onc(-c2ccccc2Cl)c1C(=O)c1c[nH]c(C(=O)O)c1. The quantitative estimate of drug-likeness (QED) is 0.713. The molecule has 0 amide bonds. The highest BCUT2D eigenvalue weighted by molar-refractivity contribution is 6.33. The molecule has 116 valence electrons. The Labute approximate surface area is 135 Å². The van der Waals surface area contributed by atoms with Gasteiger partial charge in [-0.2, -0.15) is 0 Å². The third-order valence-electron chi connectivity index (χ3n) is 3.39. The molecule has 0 unspecified atom stereocenters. The van der Waals surface area contributed by atoms with Gasteiger partial charge in [0.25, 0.3) is 0 Å². The van der Waals surface area contributed by atoms with Gasteiger partial charge in [-0.15, -0.1) is 0 Å². The van der Waals surface area contributed by atoms with Gasteiger partial charge in [0, 0.05) is 17.3 Å². The fraction of sp³-hybridized carbons (Fsp3) is 0.0625. The maximum atomic E-state index is 12.7. The summed E-state index contributed by atoms with van der Waals surface area (Å²) >= 11 is 6.16. The second kappa shape index (κ2) is 5.73. The van der Waals surface area contributed by atoms with Crippen LogP contribution in [0.25, 0.3) is 11.3 Å². The second-order valence-corrected chi connectivity index (χ2v) is 5.29. The molecule has 0 aliphatic rings. The molecule has 0 spiro atoms. The van der Waals surface area contributed by atoms with Crippen molar-refractivity contribution < 1.29 is 19.2 Å². The number of carboxylic acid groups (broad SMARTS) is 1. The largest absolute Gasteiger partial charge is 0.477 e. The van der Waals surface area contributed by atoms with Crippen molar-refractivity contribution in [3.8, 4) is 11.3 Å². The van der Waals surface area contributed by atoms with Gasteiger partial charge in [0.05, 0.1) is 10.6 Å². The van der Waals surface area contributed by atoms with E-state index in [1.54, 1.807) is 31.2 Å². The van der Waals surface area contributed by atoms with E-state index in [0.717, 1.165) is 0 Å². The van der Waals surface area contributed by atoms with Gasteiger partial charge in [0.1, 0.15) is 17.1 Å². The van der Waals surface area contributed by atoms with Crippen LogP contribution in [0.5, 0.6) is 0 Å². The molecular weight excluding hydrogens is 320 g/mol. The van der Waals surface area contributed by atoms with Crippen LogP contribution in [-0.2, 0) is 0 Å². The molecule has 0 aliphatic heterocycles. The molecule has 0 fully saturated rings. The molecule has 1 aromatic carbocycles. The monoisotopic (exact) mass is 330 g/mol. The number of hydrogen-bond acceptors (Lipinski definition) is 4. The lowest BCUT2D eigenvalue weighted by Gasteiger charge is -2.03. The zero-order chi connectivity index (χ0) is 16.6. The van der Waals surface area contributed by atoms with E-state index in [0.29, 0.717) is 22.0 Å². The van der Waals surface area contributed by atoms with E-state index in [2.05, 4.69) is 10.1 Å². The minimum atomic E-state index is -1.14. The average Bonchev–Trinajstić information content (AvgIpc) is 3.14. The van der Waals surface area contributed by atoms with Crippen molar-refractivity contribution in [1.29, 1.82) is 0 Å². The summed E-state index contributed by atoms with van der Waals surface area (Å²) in [5, 5.41) is 13.3. The molecule has 6 nitrogen and oxygen atoms in total. The van der Waals surface area contributed by atoms with Gasteiger partial charge in [-0.1, -0.05) is 35.0 Å². The number of carbonyl (C=O) groups excluding carboxylic acids is 1. The Balaban J connectivity index is 2.09. The first-order valence-electron chi connectivity index (χ1n) is 6.66. The number of aromatic carboxylic acids is 1. The first-order valence-corrected chi connectivity index (χ1v) is 7.04. The average molecular weight is 331 g/mol. The van der Waals surface area contributed by atoms with Crippen molar-refractivity contribution in [1.82, 2.24) is 10.1 Å². The third kappa shape index (κ3) is 2.64. The molecule has 0 atom stereocenters. The summed E-state index contributed by atoms with van der Waals surface area (Å²) in [6.07, 6.45) is 1.34. The predicted molar refractivity (Wildman–Crippen MR) is 82.9 cm³/mol. The van der Waals surface area contributed by atoms with Gasteiger partial charge >= 0.3 is 5.97 Å². The minimum absolute atomic E-state index is 0.0678. The molecule has 2 heterocycles. The van der Waals surface area contributed by atoms with Crippen LogP contribution in [0.3, 0.4) is 0 Å². The van der Waals surface area contributed by atoms with Crippen molar-refractivity contribution in [3.63, 3.8) is 0 Å². The molecule has 0 aliphatic carbocycles. The fourth-order valence-corrected chi connectivity index (χ4v) is 2.50. The Hall–Kier alpha value is -2.86. The van der Waals surface area contributed by atoms with Crippen molar-refractivity contribution in [2.24, 2.45) is 0 Å². The lowest BCUT2D eigenvalue weighted by molar-refractivity contribution is 0.0691. The van der Waals surface area contributed by atoms with Gasteiger partial charge < -0.3 is 14.6 Å². The molecule has 0 saturated carbocycles. The van der Waals surface area contributed by atoms with Gasteiger partial charge in [-0.3, -0.25) is 4.79 Å². The Morgan fingerprint density at radius 1 is 1.30 bits per heavy atom. The molecule has 2 N–H and O–H groups in total. The molecule has 0 radical (unpaired) electrons. The Bertz CT molecular complexity index is 910. The van der Waals surface area contributed by atoms with Crippen LogP contribution in [0.4, 0.5) is 0 Å². The van der Waals surface area contributed by atoms with E-state index in [4.69, 9.17) is 21.2 Å². The minimum Gasteiger partial charge on any atom is -0.477 e. The maximum absolute atomic E-state index is 12.7. The van der Waals surface area contributed by atoms with Crippen molar-refractivity contribution in [3.05, 3.63) is 64.1 Å². The Morgan fingerprint density at radius 2 is 2.04 bits per heavy atom. The van der Waals surface area contributed by atoms with Crippen molar-refractivity contribution >= 4 is 23.4 Å². The van der Waals surface area contributed by atoms with E-state index < -0.39 is 5.97 Å². The van der Waals surface area contributed by atoms with Crippen LogP contribution in [0.15, 0.2) is 41.1 Å². The number of nitrogens with one attached hydrogen (secondary N) is 1. The zero-order valence-electron chi connectivity index (χ0n) is 12.0. The van der Waals surface area contributed by atoms with E-state index in [9.17, 15) is 9.59 Å². The smallest absolute Gasteiger partial charge is 0.352 e. The number of aromatic amines is 1. The van der Waals surface area contributed by atoms with E-state index in [1.807, 2.05) is 0 Å². The number of rotatable bonds is 4. The number of carboxylic acids is 1. The maximum Gasteiger partial charge on any atom is 0.352 e. The van der Waals surface area contributed by atoms with Crippen molar-refractivity contribution in [2.45, 2.75) is 6.92 Å². The van der Waals surface area contributed by atoms with Gasteiger partial charge in [0.15, 0.2) is 5.78 Å². The molecule has 3 aromatic rings. The number of ketones is 1. The molecule has 2 aromatic heterocycles. The van der Waals surface area contributed by atoms with E-state index in [-0.39, 0.29) is 22.6 Å². The summed E-state index contributed by atoms with van der Waals surface area (Å²) in [7, 11) is 0. The summed E-state index contributed by atoms with van der Waals surface area (Å²) in [4.78, 5) is 26.2. The van der Waals surface area contributed by atoms with E-state index >= 15 is 0 Å². The van der Waals surface area contributed by atoms with Crippen LogP contribution < -0.4 is 0 Å². The first kappa shape index (κ1) is 15.1. The van der Waals surface area contributed by atoms with Crippen LogP contribution in [0.2, 0.25) is 5.02 Å². The van der Waals surface area contributed by atoms with Gasteiger partial charge in [-0.05, 0) is 19.1 Å². The lowest BCUT2D eigenvalue weighted by atomic mass is 9.99. The lowest BCUT2D eigenvalue weighted by Crippen LogP contribution is -2.03. The number of halogens is 1. The normalized spacial score (nSPS) is 10.7. The van der Waals surface area contributed by atoms with Crippen LogP contribution in [0, 0.1) is 6.92 Å². The third-order valence-corrected chi connectivity index (χ3v) is 3.72. The standard InChI is InChI=1S/C16H11ClN2O4/c1-8-13(15(20)9-6-12(16(21)22)18-7-9)14(19-23-8)10-4-2-3-5-11(10)17/h2-7,18H,1H3,(H,21,22). The van der Waals surface area contributed by atoms with Crippen LogP contribution >= 0.6 is 11.6 Å². The molecular formula is C16H11ClN2O4. The zero-order valence-corrected chi connectivity index (χ0v) is 12.7. The first-order chi connectivity index (χ1) is 11.0. The highest BCUT2D eigenvalue weighted by atomic mass is 35.5. The topological polar surface area (TPSA) is 96.2 Å². The highest BCUT2D eigenvalue weighted by Gasteiger charge is 2.25. The van der Waals surface area contributed by atoms with Crippen LogP contribution in [0.1, 0.15) is 32.2 Å². The molecule has 23 heavy (non-hydrogen) atoms. The highest BCUT2D eigenvalue weighted by Crippen LogP contribution is 2.32. The molecule has 0 bridgehead atoms. The number of nitrogens with zero attached hydrogens (tertiary/aromatic N) is 1. The number of hydrogen-bond donors (Lipinski definition) is 2. The van der Waals surface area contributed by atoms with Gasteiger partial charge in [0.2, 0.25) is 0 Å². The fourth-order valence-electron chi connectivity index (χ4n) is 2.27. The molecule has 3 rings (SSSR count).